The van der Waals surface area contributed by atoms with Crippen molar-refractivity contribution in [2.75, 3.05) is 18.4 Å². The minimum absolute atomic E-state index is 0.0315. The summed E-state index contributed by atoms with van der Waals surface area (Å²) in [6, 6.07) is 25.0. The number of hydrogen-bond donors (Lipinski definition) is 1. The lowest BCUT2D eigenvalue weighted by atomic mass is 9.96. The maximum atomic E-state index is 13.1. The summed E-state index contributed by atoms with van der Waals surface area (Å²) in [5.41, 5.74) is 4.32. The maximum absolute atomic E-state index is 13.1. The highest BCUT2D eigenvalue weighted by atomic mass is 16.2. The Labute approximate surface area is 186 Å². The number of aromatic nitrogens is 2. The van der Waals surface area contributed by atoms with Crippen molar-refractivity contribution in [1.82, 2.24) is 14.5 Å². The van der Waals surface area contributed by atoms with Crippen LogP contribution in [-0.2, 0) is 4.79 Å². The van der Waals surface area contributed by atoms with Gasteiger partial charge in [0.15, 0.2) is 0 Å². The molecule has 32 heavy (non-hydrogen) atoms. The first-order valence-electron chi connectivity index (χ1n) is 10.9. The number of nitrogens with zero attached hydrogens (tertiary/aromatic N) is 3. The number of likely N-dealkylation sites (tertiary alicyclic amines) is 1. The van der Waals surface area contributed by atoms with E-state index in [4.69, 9.17) is 0 Å². The van der Waals surface area contributed by atoms with E-state index in [1.165, 1.54) is 0 Å². The van der Waals surface area contributed by atoms with E-state index >= 15 is 0 Å². The summed E-state index contributed by atoms with van der Waals surface area (Å²) >= 11 is 0. The van der Waals surface area contributed by atoms with Crippen LogP contribution in [0.1, 0.15) is 23.2 Å². The first-order chi connectivity index (χ1) is 15.7. The van der Waals surface area contributed by atoms with Gasteiger partial charge in [0, 0.05) is 30.0 Å². The van der Waals surface area contributed by atoms with E-state index in [1.54, 1.807) is 11.2 Å². The normalized spacial score (nSPS) is 16.1. The summed E-state index contributed by atoms with van der Waals surface area (Å²) in [5, 5.41) is 2.96. The summed E-state index contributed by atoms with van der Waals surface area (Å²) in [5.74, 6) is -0.273. The van der Waals surface area contributed by atoms with Crippen molar-refractivity contribution in [1.29, 1.82) is 0 Å². The van der Waals surface area contributed by atoms with Gasteiger partial charge >= 0.3 is 0 Å². The van der Waals surface area contributed by atoms with Crippen LogP contribution in [0.2, 0.25) is 0 Å². The average Bonchev–Trinajstić information content (AvgIpc) is 3.29. The molecule has 1 aliphatic rings. The van der Waals surface area contributed by atoms with Crippen molar-refractivity contribution >= 4 is 28.5 Å². The SMILES string of the molecule is O=C(Nc1ccccc1)C1CCCN(C(=O)c2ccc(-n3cnc4ccccc43)cc2)C1. The number of carbonyl (C=O) groups is 2. The van der Waals surface area contributed by atoms with E-state index in [0.29, 0.717) is 18.7 Å². The predicted molar refractivity (Wildman–Crippen MR) is 125 cm³/mol. The Bertz CT molecular complexity index is 1250. The number of carbonyl (C=O) groups excluding carboxylic acids is 2. The molecule has 3 aromatic carbocycles. The number of piperidine rings is 1. The van der Waals surface area contributed by atoms with Crippen molar-refractivity contribution in [3.05, 3.63) is 90.8 Å². The summed E-state index contributed by atoms with van der Waals surface area (Å²) in [6.07, 6.45) is 3.40. The van der Waals surface area contributed by atoms with Gasteiger partial charge in [0.1, 0.15) is 6.33 Å². The molecule has 1 aliphatic heterocycles. The molecule has 2 amide bonds. The van der Waals surface area contributed by atoms with Crippen LogP contribution in [0.3, 0.4) is 0 Å². The molecule has 1 saturated heterocycles. The van der Waals surface area contributed by atoms with Crippen LogP contribution in [0, 0.1) is 5.92 Å². The van der Waals surface area contributed by atoms with Crippen LogP contribution in [0.4, 0.5) is 5.69 Å². The lowest BCUT2D eigenvalue weighted by Crippen LogP contribution is -2.43. The number of imidazole rings is 1. The molecule has 0 radical (unpaired) electrons. The Morgan fingerprint density at radius 3 is 2.47 bits per heavy atom. The second kappa shape index (κ2) is 8.67. The van der Waals surface area contributed by atoms with E-state index in [9.17, 15) is 9.59 Å². The Morgan fingerprint density at radius 2 is 1.66 bits per heavy atom. The third kappa shape index (κ3) is 3.99. The number of nitrogens with one attached hydrogen (secondary N) is 1. The number of anilines is 1. The van der Waals surface area contributed by atoms with E-state index in [1.807, 2.05) is 83.4 Å². The third-order valence-corrected chi connectivity index (χ3v) is 5.97. The van der Waals surface area contributed by atoms with Crippen molar-refractivity contribution < 1.29 is 9.59 Å². The maximum Gasteiger partial charge on any atom is 0.253 e. The van der Waals surface area contributed by atoms with Gasteiger partial charge in [0.2, 0.25) is 5.91 Å². The van der Waals surface area contributed by atoms with Gasteiger partial charge in [-0.15, -0.1) is 0 Å². The monoisotopic (exact) mass is 424 g/mol. The molecule has 6 nitrogen and oxygen atoms in total. The predicted octanol–water partition coefficient (Wildman–Crippen LogP) is 4.52. The quantitative estimate of drug-likeness (QED) is 0.524. The lowest BCUT2D eigenvalue weighted by Gasteiger charge is -2.32. The van der Waals surface area contributed by atoms with Gasteiger partial charge < -0.3 is 10.2 Å². The zero-order valence-electron chi connectivity index (χ0n) is 17.6. The second-order valence-corrected chi connectivity index (χ2v) is 8.10. The smallest absolute Gasteiger partial charge is 0.253 e. The first-order valence-corrected chi connectivity index (χ1v) is 10.9. The van der Waals surface area contributed by atoms with Crippen LogP contribution < -0.4 is 5.32 Å². The molecular weight excluding hydrogens is 400 g/mol. The van der Waals surface area contributed by atoms with Crippen LogP contribution >= 0.6 is 0 Å². The molecular formula is C26H24N4O2. The fourth-order valence-electron chi connectivity index (χ4n) is 4.25. The molecule has 1 fully saturated rings. The average molecular weight is 425 g/mol. The third-order valence-electron chi connectivity index (χ3n) is 5.97. The molecule has 1 N–H and O–H groups in total. The first kappa shape index (κ1) is 20.0. The van der Waals surface area contributed by atoms with Gasteiger partial charge in [0.05, 0.1) is 17.0 Å². The number of fused-ring (bicyclic) bond motifs is 1. The van der Waals surface area contributed by atoms with Crippen molar-refractivity contribution in [2.24, 2.45) is 5.92 Å². The zero-order valence-corrected chi connectivity index (χ0v) is 17.6. The molecule has 0 bridgehead atoms. The van der Waals surface area contributed by atoms with Gasteiger partial charge in [-0.25, -0.2) is 4.98 Å². The summed E-state index contributed by atoms with van der Waals surface area (Å²) < 4.78 is 2.01. The van der Waals surface area contributed by atoms with E-state index in [0.717, 1.165) is 35.2 Å². The number of benzene rings is 3. The van der Waals surface area contributed by atoms with Crippen LogP contribution in [-0.4, -0.2) is 39.4 Å². The Morgan fingerprint density at radius 1 is 0.906 bits per heavy atom. The molecule has 1 atom stereocenters. The molecule has 6 heteroatoms. The molecule has 160 valence electrons. The fraction of sp³-hybridized carbons (Fsp3) is 0.192. The highest BCUT2D eigenvalue weighted by Gasteiger charge is 2.29. The van der Waals surface area contributed by atoms with Gasteiger partial charge in [0.25, 0.3) is 5.91 Å². The van der Waals surface area contributed by atoms with Crippen molar-refractivity contribution in [2.45, 2.75) is 12.8 Å². The summed E-state index contributed by atoms with van der Waals surface area (Å²) in [6.45, 7) is 1.10. The summed E-state index contributed by atoms with van der Waals surface area (Å²) in [7, 11) is 0. The summed E-state index contributed by atoms with van der Waals surface area (Å²) in [4.78, 5) is 32.0. The van der Waals surface area contributed by atoms with E-state index in [2.05, 4.69) is 10.3 Å². The van der Waals surface area contributed by atoms with Gasteiger partial charge in [-0.2, -0.15) is 0 Å². The fourth-order valence-corrected chi connectivity index (χ4v) is 4.25. The van der Waals surface area contributed by atoms with Gasteiger partial charge in [-0.05, 0) is 61.4 Å². The standard InChI is InChI=1S/C26H24N4O2/c31-25(28-21-8-2-1-3-9-21)20-7-6-16-29(17-20)26(32)19-12-14-22(15-13-19)30-18-27-23-10-4-5-11-24(23)30/h1-5,8-15,18,20H,6-7,16-17H2,(H,28,31). The number of para-hydroxylation sites is 3. The Kier molecular flexibility index (Phi) is 5.42. The molecule has 0 saturated carbocycles. The van der Waals surface area contributed by atoms with E-state index in [-0.39, 0.29) is 17.7 Å². The highest BCUT2D eigenvalue weighted by Crippen LogP contribution is 2.22. The Hall–Kier alpha value is -3.93. The van der Waals surface area contributed by atoms with Crippen LogP contribution in [0.25, 0.3) is 16.7 Å². The molecule has 1 unspecified atom stereocenters. The van der Waals surface area contributed by atoms with Crippen molar-refractivity contribution in [3.63, 3.8) is 0 Å². The van der Waals surface area contributed by atoms with Crippen LogP contribution in [0.15, 0.2) is 85.2 Å². The number of hydrogen-bond acceptors (Lipinski definition) is 3. The minimum Gasteiger partial charge on any atom is -0.338 e. The van der Waals surface area contributed by atoms with Gasteiger partial charge in [-0.1, -0.05) is 30.3 Å². The number of amides is 2. The van der Waals surface area contributed by atoms with Gasteiger partial charge in [-0.3, -0.25) is 14.2 Å². The topological polar surface area (TPSA) is 67.2 Å². The minimum atomic E-state index is -0.204. The molecule has 2 heterocycles. The Balaban J connectivity index is 1.28. The molecule has 4 aromatic rings. The highest BCUT2D eigenvalue weighted by molar-refractivity contribution is 5.96. The van der Waals surface area contributed by atoms with Crippen molar-refractivity contribution in [3.8, 4) is 5.69 Å². The molecule has 0 spiro atoms. The lowest BCUT2D eigenvalue weighted by molar-refractivity contribution is -0.121. The van der Waals surface area contributed by atoms with Crippen LogP contribution in [0.5, 0.6) is 0 Å². The van der Waals surface area contributed by atoms with E-state index < -0.39 is 0 Å². The zero-order chi connectivity index (χ0) is 21.9. The number of rotatable bonds is 4. The molecule has 1 aromatic heterocycles. The largest absolute Gasteiger partial charge is 0.338 e. The second-order valence-electron chi connectivity index (χ2n) is 8.10. The molecule has 5 rings (SSSR count). The molecule has 0 aliphatic carbocycles.